The Morgan fingerprint density at radius 3 is 2.43 bits per heavy atom. The van der Waals surface area contributed by atoms with Crippen LogP contribution in [0.5, 0.6) is 5.75 Å². The summed E-state index contributed by atoms with van der Waals surface area (Å²) in [6, 6.07) is 14.5. The van der Waals surface area contributed by atoms with Crippen LogP contribution in [-0.2, 0) is 6.54 Å². The number of phenols is 1. The summed E-state index contributed by atoms with van der Waals surface area (Å²) in [5.41, 5.74) is 2.48. The van der Waals surface area contributed by atoms with E-state index in [2.05, 4.69) is 32.2 Å². The highest BCUT2D eigenvalue weighted by atomic mass is 79.9. The molecule has 1 heterocycles. The molecule has 3 rings (SSSR count). The van der Waals surface area contributed by atoms with E-state index in [-0.39, 0.29) is 5.75 Å². The first kappa shape index (κ1) is 15.1. The summed E-state index contributed by atoms with van der Waals surface area (Å²) < 4.78 is 2.57. The molecule has 6 nitrogen and oxygen atoms in total. The number of aromatic hydroxyl groups is 1. The number of nitriles is 1. The Kier molecular flexibility index (Phi) is 4.26. The molecule has 2 aromatic carbocycles. The minimum absolute atomic E-state index is 0.204. The van der Waals surface area contributed by atoms with E-state index in [9.17, 15) is 5.11 Å². The van der Waals surface area contributed by atoms with E-state index in [1.165, 1.54) is 0 Å². The van der Waals surface area contributed by atoms with Gasteiger partial charge in [-0.25, -0.2) is 4.68 Å². The van der Waals surface area contributed by atoms with Gasteiger partial charge in [-0.1, -0.05) is 22.0 Å². The maximum Gasteiger partial charge on any atom is 0.139 e. The first-order valence-corrected chi connectivity index (χ1v) is 7.56. The Balaban J connectivity index is 1.97. The molecule has 0 atom stereocenters. The predicted molar refractivity (Wildman–Crippen MR) is 88.6 cm³/mol. The maximum absolute atomic E-state index is 9.53. The second-order valence-electron chi connectivity index (χ2n) is 4.83. The van der Waals surface area contributed by atoms with Gasteiger partial charge in [-0.2, -0.15) is 5.26 Å². The van der Waals surface area contributed by atoms with Crippen LogP contribution in [0, 0.1) is 11.3 Å². The second-order valence-corrected chi connectivity index (χ2v) is 5.69. The zero-order chi connectivity index (χ0) is 16.2. The molecular formula is C16H12BrN5O. The van der Waals surface area contributed by atoms with E-state index in [0.717, 1.165) is 15.7 Å². The number of aromatic nitrogens is 3. The Morgan fingerprint density at radius 1 is 1.13 bits per heavy atom. The summed E-state index contributed by atoms with van der Waals surface area (Å²) in [6.45, 7) is 0.533. The number of phenolic OH excluding ortho intramolecular Hbond substituents is 1. The van der Waals surface area contributed by atoms with Gasteiger partial charge in [0.2, 0.25) is 0 Å². The Bertz CT molecular complexity index is 840. The average Bonchev–Trinajstić information content (AvgIpc) is 3.08. The topological polar surface area (TPSA) is 78.0 Å². The van der Waals surface area contributed by atoms with E-state index in [0.29, 0.717) is 12.1 Å². The molecule has 0 radical (unpaired) electrons. The molecular weight excluding hydrogens is 358 g/mol. The van der Waals surface area contributed by atoms with Gasteiger partial charge in [0, 0.05) is 4.47 Å². The summed E-state index contributed by atoms with van der Waals surface area (Å²) in [7, 11) is 0. The van der Waals surface area contributed by atoms with Crippen molar-refractivity contribution in [3.05, 3.63) is 70.7 Å². The Morgan fingerprint density at radius 2 is 1.83 bits per heavy atom. The molecule has 0 saturated heterocycles. The van der Waals surface area contributed by atoms with E-state index in [4.69, 9.17) is 5.26 Å². The van der Waals surface area contributed by atoms with Crippen LogP contribution in [0.1, 0.15) is 11.1 Å². The highest BCUT2D eigenvalue weighted by molar-refractivity contribution is 9.10. The van der Waals surface area contributed by atoms with Crippen molar-refractivity contribution in [3.8, 4) is 11.8 Å². The molecule has 0 aliphatic heterocycles. The molecule has 23 heavy (non-hydrogen) atoms. The monoisotopic (exact) mass is 369 g/mol. The van der Waals surface area contributed by atoms with Gasteiger partial charge in [0.15, 0.2) is 0 Å². The number of hydrogen-bond acceptors (Lipinski definition) is 5. The summed E-state index contributed by atoms with van der Waals surface area (Å²) in [5.74, 6) is 0.204. The molecule has 0 saturated carbocycles. The molecule has 114 valence electrons. The lowest BCUT2D eigenvalue weighted by Crippen LogP contribution is -2.28. The third-order valence-electron chi connectivity index (χ3n) is 3.34. The van der Waals surface area contributed by atoms with Crippen LogP contribution in [0.3, 0.4) is 0 Å². The van der Waals surface area contributed by atoms with Gasteiger partial charge < -0.3 is 5.11 Å². The highest BCUT2D eigenvalue weighted by Gasteiger charge is 2.12. The van der Waals surface area contributed by atoms with Crippen LogP contribution < -0.4 is 5.01 Å². The second kappa shape index (κ2) is 6.50. The molecule has 1 N–H and O–H groups in total. The van der Waals surface area contributed by atoms with Crippen LogP contribution in [-0.4, -0.2) is 20.0 Å². The fraction of sp³-hybridized carbons (Fsp3) is 0.0625. The SMILES string of the molecule is N#Cc1ccc(N(Cc2ccc(O)cc2Br)n2cnnc2)cc1. The van der Waals surface area contributed by atoms with Crippen LogP contribution in [0.25, 0.3) is 0 Å². The van der Waals surface area contributed by atoms with Crippen molar-refractivity contribution >= 4 is 21.6 Å². The largest absolute Gasteiger partial charge is 0.508 e. The molecule has 0 amide bonds. The van der Waals surface area contributed by atoms with E-state index >= 15 is 0 Å². The van der Waals surface area contributed by atoms with Crippen molar-refractivity contribution in [2.45, 2.75) is 6.54 Å². The smallest absolute Gasteiger partial charge is 0.139 e. The minimum atomic E-state index is 0.204. The van der Waals surface area contributed by atoms with Gasteiger partial charge in [0.1, 0.15) is 18.4 Å². The number of rotatable bonds is 4. The zero-order valence-electron chi connectivity index (χ0n) is 12.0. The van der Waals surface area contributed by atoms with E-state index in [1.54, 1.807) is 41.6 Å². The maximum atomic E-state index is 9.53. The van der Waals surface area contributed by atoms with Crippen molar-refractivity contribution in [2.75, 3.05) is 5.01 Å². The minimum Gasteiger partial charge on any atom is -0.508 e. The van der Waals surface area contributed by atoms with Crippen LogP contribution in [0.2, 0.25) is 0 Å². The van der Waals surface area contributed by atoms with Gasteiger partial charge in [0.25, 0.3) is 0 Å². The van der Waals surface area contributed by atoms with Crippen LogP contribution >= 0.6 is 15.9 Å². The van der Waals surface area contributed by atoms with E-state index in [1.807, 2.05) is 23.2 Å². The normalized spacial score (nSPS) is 10.3. The molecule has 1 aromatic heterocycles. The number of anilines is 1. The van der Waals surface area contributed by atoms with Crippen molar-refractivity contribution in [1.29, 1.82) is 5.26 Å². The van der Waals surface area contributed by atoms with Crippen molar-refractivity contribution in [2.24, 2.45) is 0 Å². The third kappa shape index (κ3) is 3.33. The van der Waals surface area contributed by atoms with Gasteiger partial charge in [-0.3, -0.25) is 5.01 Å². The lowest BCUT2D eigenvalue weighted by atomic mass is 10.2. The summed E-state index contributed by atoms with van der Waals surface area (Å²) in [5, 5.41) is 28.1. The molecule has 0 aliphatic carbocycles. The van der Waals surface area contributed by atoms with Gasteiger partial charge in [-0.15, -0.1) is 10.2 Å². The number of hydrogen-bond donors (Lipinski definition) is 1. The summed E-state index contributed by atoms with van der Waals surface area (Å²) in [6.07, 6.45) is 3.21. The Hall–Kier alpha value is -2.85. The number of halogens is 1. The molecule has 0 unspecified atom stereocenters. The first-order valence-electron chi connectivity index (χ1n) is 6.77. The number of nitrogens with zero attached hydrogens (tertiary/aromatic N) is 5. The van der Waals surface area contributed by atoms with Crippen molar-refractivity contribution in [3.63, 3.8) is 0 Å². The van der Waals surface area contributed by atoms with E-state index < -0.39 is 0 Å². The fourth-order valence-electron chi connectivity index (χ4n) is 2.16. The molecule has 0 spiro atoms. The Labute approximate surface area is 141 Å². The van der Waals surface area contributed by atoms with Crippen molar-refractivity contribution in [1.82, 2.24) is 14.9 Å². The first-order chi connectivity index (χ1) is 11.2. The third-order valence-corrected chi connectivity index (χ3v) is 4.07. The van der Waals surface area contributed by atoms with Gasteiger partial charge in [-0.05, 0) is 42.0 Å². The van der Waals surface area contributed by atoms with Crippen LogP contribution in [0.4, 0.5) is 5.69 Å². The summed E-state index contributed by atoms with van der Waals surface area (Å²) >= 11 is 3.46. The number of benzene rings is 2. The molecule has 0 bridgehead atoms. The van der Waals surface area contributed by atoms with Crippen LogP contribution in [0.15, 0.2) is 59.6 Å². The summed E-state index contributed by atoms with van der Waals surface area (Å²) in [4.78, 5) is 0. The molecule has 7 heteroatoms. The fourth-order valence-corrected chi connectivity index (χ4v) is 2.65. The lowest BCUT2D eigenvalue weighted by molar-refractivity contribution is 0.474. The standard InChI is InChI=1S/C16H12BrN5O/c17-16-7-15(23)6-3-13(16)9-22(21-10-19-20-11-21)14-4-1-12(8-18)2-5-14/h1-7,10-11,23H,9H2. The molecule has 0 fully saturated rings. The zero-order valence-corrected chi connectivity index (χ0v) is 13.6. The predicted octanol–water partition coefficient (Wildman–Crippen LogP) is 3.09. The average molecular weight is 370 g/mol. The van der Waals surface area contributed by atoms with Gasteiger partial charge in [0.05, 0.1) is 23.9 Å². The molecule has 0 aliphatic rings. The quantitative estimate of drug-likeness (QED) is 0.764. The van der Waals surface area contributed by atoms with Crippen molar-refractivity contribution < 1.29 is 5.11 Å². The lowest BCUT2D eigenvalue weighted by Gasteiger charge is -2.25. The van der Waals surface area contributed by atoms with Gasteiger partial charge >= 0.3 is 0 Å². The highest BCUT2D eigenvalue weighted by Crippen LogP contribution is 2.26. The molecule has 3 aromatic rings.